The van der Waals surface area contributed by atoms with Crippen LogP contribution in [0.4, 0.5) is 0 Å². The zero-order chi connectivity index (χ0) is 7.28. The van der Waals surface area contributed by atoms with Crippen molar-refractivity contribution in [3.63, 3.8) is 0 Å². The highest BCUT2D eigenvalue weighted by Crippen LogP contribution is 2.01. The van der Waals surface area contributed by atoms with Gasteiger partial charge in [-0.05, 0) is 26.4 Å². The lowest BCUT2D eigenvalue weighted by Gasteiger charge is -2.13. The molecule has 0 N–H and O–H groups in total. The van der Waals surface area contributed by atoms with Crippen molar-refractivity contribution in [3.8, 4) is 0 Å². The average Bonchev–Trinajstić information content (AvgIpc) is 1.63. The summed E-state index contributed by atoms with van der Waals surface area (Å²) in [4.78, 5) is 0. The summed E-state index contributed by atoms with van der Waals surface area (Å²) >= 11 is 0. The van der Waals surface area contributed by atoms with E-state index in [4.69, 9.17) is 4.43 Å². The van der Waals surface area contributed by atoms with Crippen LogP contribution in [0.1, 0.15) is 26.7 Å². The van der Waals surface area contributed by atoms with Crippen molar-refractivity contribution in [2.45, 2.75) is 45.9 Å². The van der Waals surface area contributed by atoms with Crippen molar-refractivity contribution in [1.82, 2.24) is 0 Å². The zero-order valence-corrected chi connectivity index (χ0v) is 7.90. The lowest BCUT2D eigenvalue weighted by molar-refractivity contribution is 0.213. The molecule has 0 aromatic rings. The predicted molar refractivity (Wildman–Crippen MR) is 42.9 cm³/mol. The molecule has 1 unspecified atom stereocenters. The van der Waals surface area contributed by atoms with E-state index in [1.165, 1.54) is 12.8 Å². The first kappa shape index (κ1) is 9.18. The first-order chi connectivity index (χ1) is 4.16. The number of rotatable bonds is 4. The maximum Gasteiger partial charge on any atom is 0.205 e. The highest BCUT2D eigenvalue weighted by molar-refractivity contribution is 6.48. The summed E-state index contributed by atoms with van der Waals surface area (Å²) < 4.78 is 5.59. The molecule has 2 heteroatoms. The predicted octanol–water partition coefficient (Wildman–Crippen LogP) is 2.44. The second kappa shape index (κ2) is 5.00. The smallest absolute Gasteiger partial charge is 0.205 e. The third-order valence-electron chi connectivity index (χ3n) is 1.13. The molecular weight excluding hydrogens is 128 g/mol. The molecule has 0 aromatic carbocycles. The van der Waals surface area contributed by atoms with Crippen LogP contribution in [0, 0.1) is 0 Å². The second-order valence-corrected chi connectivity index (χ2v) is 4.68. The van der Waals surface area contributed by atoms with E-state index in [1.807, 2.05) is 0 Å². The minimum absolute atomic E-state index is 0.456. The van der Waals surface area contributed by atoms with Gasteiger partial charge >= 0.3 is 0 Å². The molecule has 1 nitrogen and oxygen atoms in total. The van der Waals surface area contributed by atoms with Crippen LogP contribution in [-0.4, -0.2) is 15.1 Å². The van der Waals surface area contributed by atoms with Crippen molar-refractivity contribution in [2.75, 3.05) is 0 Å². The molecule has 0 aliphatic heterocycles. The largest absolute Gasteiger partial charge is 0.415 e. The Hall–Kier alpha value is 0.177. The standard InChI is InChI=1S/C7H17OSi/c1-5-6-7(2)8-9(3)4/h7H,5-6H2,1-4H3. The SMILES string of the molecule is CCCC(C)O[Si](C)C. The van der Waals surface area contributed by atoms with E-state index in [-0.39, 0.29) is 0 Å². The van der Waals surface area contributed by atoms with Gasteiger partial charge in [0.15, 0.2) is 0 Å². The van der Waals surface area contributed by atoms with Gasteiger partial charge in [-0.15, -0.1) is 0 Å². The molecule has 9 heavy (non-hydrogen) atoms. The normalized spacial score (nSPS) is 14.3. The molecule has 0 bridgehead atoms. The summed E-state index contributed by atoms with van der Waals surface area (Å²) in [6.45, 7) is 8.70. The average molecular weight is 145 g/mol. The summed E-state index contributed by atoms with van der Waals surface area (Å²) in [6, 6.07) is 0. The van der Waals surface area contributed by atoms with Gasteiger partial charge in [0.1, 0.15) is 0 Å². The van der Waals surface area contributed by atoms with Gasteiger partial charge in [-0.3, -0.25) is 0 Å². The quantitative estimate of drug-likeness (QED) is 0.552. The van der Waals surface area contributed by atoms with Gasteiger partial charge in [-0.1, -0.05) is 13.3 Å². The minimum atomic E-state index is -0.456. The molecule has 0 aliphatic carbocycles. The molecule has 1 radical (unpaired) electrons. The van der Waals surface area contributed by atoms with Crippen molar-refractivity contribution in [2.24, 2.45) is 0 Å². The third kappa shape index (κ3) is 6.06. The van der Waals surface area contributed by atoms with Gasteiger partial charge in [0, 0.05) is 6.10 Å². The molecule has 0 amide bonds. The van der Waals surface area contributed by atoms with E-state index in [1.54, 1.807) is 0 Å². The van der Waals surface area contributed by atoms with Crippen molar-refractivity contribution >= 4 is 9.04 Å². The van der Waals surface area contributed by atoms with Crippen molar-refractivity contribution in [1.29, 1.82) is 0 Å². The number of hydrogen-bond acceptors (Lipinski definition) is 1. The van der Waals surface area contributed by atoms with Crippen LogP contribution >= 0.6 is 0 Å². The highest BCUT2D eigenvalue weighted by Gasteiger charge is 2.03. The van der Waals surface area contributed by atoms with Crippen LogP contribution in [0.3, 0.4) is 0 Å². The van der Waals surface area contributed by atoms with Gasteiger partial charge in [0.05, 0.1) is 0 Å². The monoisotopic (exact) mass is 145 g/mol. The van der Waals surface area contributed by atoms with Crippen LogP contribution in [0.15, 0.2) is 0 Å². The summed E-state index contributed by atoms with van der Waals surface area (Å²) in [7, 11) is -0.456. The Labute approximate surface area is 60.1 Å². The molecule has 0 saturated carbocycles. The van der Waals surface area contributed by atoms with E-state index in [9.17, 15) is 0 Å². The fraction of sp³-hybridized carbons (Fsp3) is 1.00. The van der Waals surface area contributed by atoms with Crippen molar-refractivity contribution in [3.05, 3.63) is 0 Å². The summed E-state index contributed by atoms with van der Waals surface area (Å²) in [5, 5.41) is 0. The fourth-order valence-corrected chi connectivity index (χ4v) is 1.79. The Morgan fingerprint density at radius 2 is 2.00 bits per heavy atom. The molecule has 0 saturated heterocycles. The summed E-state index contributed by atoms with van der Waals surface area (Å²) in [6.07, 6.45) is 2.92. The highest BCUT2D eigenvalue weighted by atomic mass is 28.3. The third-order valence-corrected chi connectivity index (χ3v) is 2.01. The molecule has 0 fully saturated rings. The van der Waals surface area contributed by atoms with E-state index in [2.05, 4.69) is 26.9 Å². The van der Waals surface area contributed by atoms with Crippen LogP contribution in [-0.2, 0) is 4.43 Å². The molecular formula is C7H17OSi. The molecule has 0 rings (SSSR count). The Balaban J connectivity index is 3.15. The maximum absolute atomic E-state index is 5.59. The van der Waals surface area contributed by atoms with E-state index in [0.29, 0.717) is 6.10 Å². The Morgan fingerprint density at radius 3 is 2.33 bits per heavy atom. The van der Waals surface area contributed by atoms with Crippen LogP contribution < -0.4 is 0 Å². The molecule has 55 valence electrons. The van der Waals surface area contributed by atoms with Gasteiger partial charge in [-0.25, -0.2) is 0 Å². The fourth-order valence-electron chi connectivity index (χ4n) is 0.868. The van der Waals surface area contributed by atoms with Crippen molar-refractivity contribution < 1.29 is 4.43 Å². The van der Waals surface area contributed by atoms with E-state index < -0.39 is 9.04 Å². The summed E-state index contributed by atoms with van der Waals surface area (Å²) in [5.41, 5.74) is 0. The van der Waals surface area contributed by atoms with Crippen LogP contribution in [0.25, 0.3) is 0 Å². The van der Waals surface area contributed by atoms with E-state index in [0.717, 1.165) is 0 Å². The summed E-state index contributed by atoms with van der Waals surface area (Å²) in [5.74, 6) is 0. The van der Waals surface area contributed by atoms with Gasteiger partial charge < -0.3 is 4.43 Å². The maximum atomic E-state index is 5.59. The molecule has 0 aliphatic rings. The number of hydrogen-bond donors (Lipinski definition) is 0. The Bertz CT molecular complexity index is 63.9. The van der Waals surface area contributed by atoms with Crippen LogP contribution in [0.5, 0.6) is 0 Å². The molecule has 0 heterocycles. The molecule has 1 atom stereocenters. The zero-order valence-electron chi connectivity index (χ0n) is 6.90. The molecule has 0 spiro atoms. The first-order valence-corrected chi connectivity index (χ1v) is 6.04. The minimum Gasteiger partial charge on any atom is -0.415 e. The second-order valence-electron chi connectivity index (χ2n) is 2.63. The van der Waals surface area contributed by atoms with Gasteiger partial charge in [0.2, 0.25) is 9.04 Å². The van der Waals surface area contributed by atoms with Gasteiger partial charge in [-0.2, -0.15) is 0 Å². The molecule has 0 aromatic heterocycles. The van der Waals surface area contributed by atoms with Gasteiger partial charge in [0.25, 0.3) is 0 Å². The Kier molecular flexibility index (Phi) is 5.10. The Morgan fingerprint density at radius 1 is 1.44 bits per heavy atom. The van der Waals surface area contributed by atoms with Crippen LogP contribution in [0.2, 0.25) is 13.1 Å². The lowest BCUT2D eigenvalue weighted by Crippen LogP contribution is -2.16. The topological polar surface area (TPSA) is 9.23 Å². The first-order valence-electron chi connectivity index (χ1n) is 3.63. The van der Waals surface area contributed by atoms with E-state index >= 15 is 0 Å². The lowest BCUT2D eigenvalue weighted by atomic mass is 10.2.